The van der Waals surface area contributed by atoms with E-state index < -0.39 is 6.04 Å². The van der Waals surface area contributed by atoms with Crippen LogP contribution in [0.4, 0.5) is 11.5 Å². The van der Waals surface area contributed by atoms with E-state index in [2.05, 4.69) is 25.6 Å². The van der Waals surface area contributed by atoms with Crippen LogP contribution in [0.3, 0.4) is 0 Å². The molecule has 0 saturated heterocycles. The number of nitrogens with one attached hydrogen (secondary N) is 3. The molecule has 0 saturated carbocycles. The number of aromatic nitrogens is 3. The number of carbonyl (C=O) groups excluding carboxylic acids is 1. The number of para-hydroxylation sites is 1. The number of aliphatic hydroxyl groups is 1. The molecule has 0 aliphatic heterocycles. The van der Waals surface area contributed by atoms with E-state index in [0.29, 0.717) is 22.2 Å². The zero-order valence-corrected chi connectivity index (χ0v) is 17.2. The molecule has 8 heteroatoms. The topological polar surface area (TPSA) is 103 Å². The van der Waals surface area contributed by atoms with Gasteiger partial charge in [-0.15, -0.1) is 0 Å². The Bertz CT molecular complexity index is 1180. The largest absolute Gasteiger partial charge is 0.394 e. The molecule has 2 aromatic heterocycles. The average molecular weight is 434 g/mol. The minimum absolute atomic E-state index is 0.250. The molecule has 4 rings (SSSR count). The van der Waals surface area contributed by atoms with Crippen LogP contribution in [0.25, 0.3) is 11.3 Å². The van der Waals surface area contributed by atoms with Crippen LogP contribution in [0.1, 0.15) is 22.1 Å². The van der Waals surface area contributed by atoms with Crippen molar-refractivity contribution in [3.8, 4) is 11.3 Å². The molecule has 0 spiro atoms. The maximum absolute atomic E-state index is 12.7. The van der Waals surface area contributed by atoms with Gasteiger partial charge < -0.3 is 20.7 Å². The Morgan fingerprint density at radius 3 is 2.68 bits per heavy atom. The van der Waals surface area contributed by atoms with Gasteiger partial charge in [0.05, 0.1) is 18.3 Å². The second kappa shape index (κ2) is 9.42. The highest BCUT2D eigenvalue weighted by Gasteiger charge is 2.17. The van der Waals surface area contributed by atoms with Gasteiger partial charge in [-0.2, -0.15) is 0 Å². The van der Waals surface area contributed by atoms with Crippen LogP contribution in [-0.4, -0.2) is 32.6 Å². The van der Waals surface area contributed by atoms with Crippen molar-refractivity contribution in [3.05, 3.63) is 95.5 Å². The van der Waals surface area contributed by atoms with Gasteiger partial charge in [0.1, 0.15) is 17.8 Å². The van der Waals surface area contributed by atoms with Crippen LogP contribution in [0, 0.1) is 0 Å². The lowest BCUT2D eigenvalue weighted by atomic mass is 10.1. The predicted molar refractivity (Wildman–Crippen MR) is 120 cm³/mol. The molecular formula is C23H20ClN5O2. The third-order valence-electron chi connectivity index (χ3n) is 4.68. The quantitative estimate of drug-likeness (QED) is 0.347. The normalized spacial score (nSPS) is 11.7. The summed E-state index contributed by atoms with van der Waals surface area (Å²) in [6, 6.07) is 19.7. The minimum Gasteiger partial charge on any atom is -0.394 e. The molecule has 1 amide bonds. The Balaban J connectivity index is 1.49. The standard InChI is InChI=1S/C23H20ClN5O2/c24-17-6-4-5-15(9-17)21(13-30)29-23(31)20-10-16(12-25-20)19-11-22(27-14-26-19)28-18-7-2-1-3-8-18/h1-12,14,21,25,30H,13H2,(H,29,31)(H,26,27,28)/t21-/m1/s1. The molecule has 0 radical (unpaired) electrons. The van der Waals surface area contributed by atoms with Gasteiger partial charge in [0.15, 0.2) is 0 Å². The summed E-state index contributed by atoms with van der Waals surface area (Å²) in [5, 5.41) is 16.3. The first-order chi connectivity index (χ1) is 15.1. The molecule has 156 valence electrons. The SMILES string of the molecule is O=C(N[C@H](CO)c1cccc(Cl)c1)c1cc(-c2cc(Nc3ccccc3)ncn2)c[nH]1. The van der Waals surface area contributed by atoms with Gasteiger partial charge >= 0.3 is 0 Å². The van der Waals surface area contributed by atoms with Crippen LogP contribution >= 0.6 is 11.6 Å². The first-order valence-corrected chi connectivity index (χ1v) is 10.0. The molecule has 2 heterocycles. The molecule has 2 aromatic carbocycles. The van der Waals surface area contributed by atoms with Gasteiger partial charge in [-0.1, -0.05) is 41.9 Å². The van der Waals surface area contributed by atoms with E-state index in [1.807, 2.05) is 30.3 Å². The van der Waals surface area contributed by atoms with Crippen molar-refractivity contribution in [1.82, 2.24) is 20.3 Å². The first-order valence-electron chi connectivity index (χ1n) is 9.62. The molecular weight excluding hydrogens is 414 g/mol. The van der Waals surface area contributed by atoms with Crippen molar-refractivity contribution < 1.29 is 9.90 Å². The highest BCUT2D eigenvalue weighted by molar-refractivity contribution is 6.30. The fraction of sp³-hybridized carbons (Fsp3) is 0.0870. The van der Waals surface area contributed by atoms with Crippen LogP contribution in [0.5, 0.6) is 0 Å². The van der Waals surface area contributed by atoms with E-state index in [1.165, 1.54) is 6.33 Å². The lowest BCUT2D eigenvalue weighted by molar-refractivity contribution is 0.0912. The maximum Gasteiger partial charge on any atom is 0.268 e. The number of anilines is 2. The van der Waals surface area contributed by atoms with Crippen molar-refractivity contribution in [3.63, 3.8) is 0 Å². The van der Waals surface area contributed by atoms with Gasteiger partial charge in [0, 0.05) is 28.5 Å². The molecule has 0 aliphatic carbocycles. The van der Waals surface area contributed by atoms with Gasteiger partial charge in [0.2, 0.25) is 0 Å². The second-order valence-electron chi connectivity index (χ2n) is 6.85. The number of nitrogens with zero attached hydrogens (tertiary/aromatic N) is 2. The third kappa shape index (κ3) is 5.09. The monoisotopic (exact) mass is 433 g/mol. The highest BCUT2D eigenvalue weighted by Crippen LogP contribution is 2.23. The molecule has 1 atom stereocenters. The number of benzene rings is 2. The lowest BCUT2D eigenvalue weighted by Gasteiger charge is -2.16. The average Bonchev–Trinajstić information content (AvgIpc) is 3.29. The molecule has 0 aliphatic rings. The summed E-state index contributed by atoms with van der Waals surface area (Å²) in [4.78, 5) is 24.2. The zero-order chi connectivity index (χ0) is 21.6. The molecule has 0 fully saturated rings. The molecule has 4 aromatic rings. The summed E-state index contributed by atoms with van der Waals surface area (Å²) < 4.78 is 0. The number of H-pyrrole nitrogens is 1. The second-order valence-corrected chi connectivity index (χ2v) is 7.28. The van der Waals surface area contributed by atoms with Crippen LogP contribution in [-0.2, 0) is 0 Å². The summed E-state index contributed by atoms with van der Waals surface area (Å²) >= 11 is 6.02. The number of carbonyl (C=O) groups is 1. The van der Waals surface area contributed by atoms with E-state index in [0.717, 1.165) is 16.8 Å². The lowest BCUT2D eigenvalue weighted by Crippen LogP contribution is -2.31. The first kappa shape index (κ1) is 20.6. The Morgan fingerprint density at radius 2 is 1.90 bits per heavy atom. The highest BCUT2D eigenvalue weighted by atomic mass is 35.5. The third-order valence-corrected chi connectivity index (χ3v) is 4.91. The number of hydrogen-bond acceptors (Lipinski definition) is 5. The van der Waals surface area contributed by atoms with Crippen molar-refractivity contribution in [2.24, 2.45) is 0 Å². The number of halogens is 1. The number of amides is 1. The summed E-state index contributed by atoms with van der Waals surface area (Å²) in [5.74, 6) is 0.298. The molecule has 0 bridgehead atoms. The summed E-state index contributed by atoms with van der Waals surface area (Å²) in [6.45, 7) is -0.250. The molecule has 0 unspecified atom stereocenters. The number of aromatic amines is 1. The van der Waals surface area contributed by atoms with Gasteiger partial charge in [-0.3, -0.25) is 4.79 Å². The Labute approximate surface area is 184 Å². The van der Waals surface area contributed by atoms with Crippen LogP contribution in [0.15, 0.2) is 79.3 Å². The summed E-state index contributed by atoms with van der Waals surface area (Å²) in [5.41, 5.74) is 3.40. The Kier molecular flexibility index (Phi) is 6.26. The van der Waals surface area contributed by atoms with E-state index in [4.69, 9.17) is 11.6 Å². The minimum atomic E-state index is -0.571. The fourth-order valence-electron chi connectivity index (χ4n) is 3.12. The predicted octanol–water partition coefficient (Wildman–Crippen LogP) is 4.33. The van der Waals surface area contributed by atoms with Crippen LogP contribution < -0.4 is 10.6 Å². The van der Waals surface area contributed by atoms with Crippen molar-refractivity contribution in [1.29, 1.82) is 0 Å². The van der Waals surface area contributed by atoms with E-state index in [-0.39, 0.29) is 12.5 Å². The van der Waals surface area contributed by atoms with Gasteiger partial charge in [0.25, 0.3) is 5.91 Å². The number of rotatable bonds is 7. The van der Waals surface area contributed by atoms with E-state index >= 15 is 0 Å². The van der Waals surface area contributed by atoms with Gasteiger partial charge in [-0.25, -0.2) is 9.97 Å². The van der Waals surface area contributed by atoms with E-state index in [1.54, 1.807) is 42.6 Å². The van der Waals surface area contributed by atoms with Crippen molar-refractivity contribution in [2.75, 3.05) is 11.9 Å². The molecule has 4 N–H and O–H groups in total. The summed E-state index contributed by atoms with van der Waals surface area (Å²) in [6.07, 6.45) is 3.17. The number of hydrogen-bond donors (Lipinski definition) is 4. The molecule has 31 heavy (non-hydrogen) atoms. The van der Waals surface area contributed by atoms with Crippen molar-refractivity contribution >= 4 is 29.0 Å². The summed E-state index contributed by atoms with van der Waals surface area (Å²) in [7, 11) is 0. The Hall–Kier alpha value is -3.68. The van der Waals surface area contributed by atoms with E-state index in [9.17, 15) is 9.90 Å². The fourth-order valence-corrected chi connectivity index (χ4v) is 3.32. The van der Waals surface area contributed by atoms with Gasteiger partial charge in [-0.05, 0) is 35.9 Å². The zero-order valence-electron chi connectivity index (χ0n) is 16.4. The van der Waals surface area contributed by atoms with Crippen molar-refractivity contribution in [2.45, 2.75) is 6.04 Å². The smallest absolute Gasteiger partial charge is 0.268 e. The number of aliphatic hydroxyl groups excluding tert-OH is 1. The molecule has 7 nitrogen and oxygen atoms in total. The van der Waals surface area contributed by atoms with Crippen LogP contribution in [0.2, 0.25) is 5.02 Å². The maximum atomic E-state index is 12.7. The Morgan fingerprint density at radius 1 is 1.06 bits per heavy atom.